The van der Waals surface area contributed by atoms with Gasteiger partial charge in [-0.25, -0.2) is 4.98 Å². The molecule has 130 valence electrons. The van der Waals surface area contributed by atoms with Crippen molar-refractivity contribution in [3.05, 3.63) is 48.0 Å². The second-order valence-electron chi connectivity index (χ2n) is 5.42. The van der Waals surface area contributed by atoms with Crippen LogP contribution in [0.5, 0.6) is 0 Å². The number of nitrogens with zero attached hydrogens (tertiary/aromatic N) is 2. The van der Waals surface area contributed by atoms with E-state index in [9.17, 15) is 0 Å². The van der Waals surface area contributed by atoms with Crippen LogP contribution in [0.1, 0.15) is 20.3 Å². The minimum atomic E-state index is 0. The van der Waals surface area contributed by atoms with E-state index in [0.717, 1.165) is 31.1 Å². The molecule has 1 N–H and O–H groups in total. The fourth-order valence-corrected chi connectivity index (χ4v) is 3.56. The van der Waals surface area contributed by atoms with Crippen molar-refractivity contribution in [1.29, 1.82) is 0 Å². The lowest BCUT2D eigenvalue weighted by atomic mass is 10.1. The summed E-state index contributed by atoms with van der Waals surface area (Å²) in [6.45, 7) is 7.38. The maximum Gasteiger partial charge on any atom is 0.0946 e. The van der Waals surface area contributed by atoms with Gasteiger partial charge in [0.2, 0.25) is 0 Å². The maximum atomic E-state index is 5.97. The Hall–Kier alpha value is -0.390. The molecule has 0 spiro atoms. The van der Waals surface area contributed by atoms with Crippen molar-refractivity contribution in [2.45, 2.75) is 36.5 Å². The molecule has 0 amide bonds. The Morgan fingerprint density at radius 2 is 1.96 bits per heavy atom. The van der Waals surface area contributed by atoms with Gasteiger partial charge in [0.25, 0.3) is 0 Å². The first kappa shape index (κ1) is 22.6. The minimum Gasteiger partial charge on any atom is -0.336 e. The van der Waals surface area contributed by atoms with Crippen LogP contribution in [0.4, 0.5) is 0 Å². The molecule has 0 saturated carbocycles. The van der Waals surface area contributed by atoms with Gasteiger partial charge in [-0.15, -0.1) is 36.6 Å². The van der Waals surface area contributed by atoms with Gasteiger partial charge in [-0.05, 0) is 44.2 Å². The van der Waals surface area contributed by atoms with E-state index in [-0.39, 0.29) is 29.6 Å². The first-order valence-corrected chi connectivity index (χ1v) is 8.42. The first-order chi connectivity index (χ1) is 10.1. The summed E-state index contributed by atoms with van der Waals surface area (Å²) in [6.07, 6.45) is 6.86. The zero-order chi connectivity index (χ0) is 15.1. The molecule has 0 aliphatic carbocycles. The van der Waals surface area contributed by atoms with Crippen LogP contribution < -0.4 is 5.32 Å². The normalized spacial score (nSPS) is 12.8. The summed E-state index contributed by atoms with van der Waals surface area (Å²) in [5.41, 5.74) is 0. The van der Waals surface area contributed by atoms with E-state index in [1.54, 1.807) is 0 Å². The highest BCUT2D eigenvalue weighted by atomic mass is 35.5. The topological polar surface area (TPSA) is 29.9 Å². The van der Waals surface area contributed by atoms with Crippen molar-refractivity contribution in [2.24, 2.45) is 0 Å². The van der Waals surface area contributed by atoms with E-state index in [1.165, 1.54) is 4.90 Å². The number of imidazole rings is 1. The summed E-state index contributed by atoms with van der Waals surface area (Å²) in [6, 6.07) is 8.06. The Labute approximate surface area is 160 Å². The Balaban J connectivity index is 0.00000242. The predicted octanol–water partition coefficient (Wildman–Crippen LogP) is 4.93. The number of hydrogen-bond acceptors (Lipinski definition) is 3. The molecule has 3 nitrogen and oxygen atoms in total. The third-order valence-electron chi connectivity index (χ3n) is 3.18. The molecule has 1 heterocycles. The van der Waals surface area contributed by atoms with Crippen LogP contribution in [0.3, 0.4) is 0 Å². The van der Waals surface area contributed by atoms with E-state index < -0.39 is 0 Å². The van der Waals surface area contributed by atoms with E-state index in [0.29, 0.717) is 0 Å². The largest absolute Gasteiger partial charge is 0.336 e. The Kier molecular flexibility index (Phi) is 11.0. The zero-order valence-corrected chi connectivity index (χ0v) is 16.6. The van der Waals surface area contributed by atoms with Gasteiger partial charge < -0.3 is 9.88 Å². The molecule has 1 aromatic heterocycles. The second-order valence-corrected chi connectivity index (χ2v) is 7.52. The second kappa shape index (κ2) is 11.2. The average Bonchev–Trinajstić information content (AvgIpc) is 2.94. The van der Waals surface area contributed by atoms with Crippen LogP contribution in [0.2, 0.25) is 5.02 Å². The molecule has 0 aliphatic heterocycles. The van der Waals surface area contributed by atoms with Crippen molar-refractivity contribution in [1.82, 2.24) is 14.9 Å². The monoisotopic (exact) mass is 395 g/mol. The number of nitrogens with one attached hydrogen (secondary N) is 1. The van der Waals surface area contributed by atoms with E-state index in [2.05, 4.69) is 40.8 Å². The number of aromatic nitrogens is 2. The molecule has 2 aromatic rings. The van der Waals surface area contributed by atoms with Gasteiger partial charge in [-0.1, -0.05) is 18.5 Å². The number of thioether (sulfide) groups is 1. The summed E-state index contributed by atoms with van der Waals surface area (Å²) < 4.78 is 2.19. The van der Waals surface area contributed by atoms with Gasteiger partial charge in [-0.3, -0.25) is 0 Å². The first-order valence-electron chi connectivity index (χ1n) is 7.22. The average molecular weight is 397 g/mol. The lowest BCUT2D eigenvalue weighted by molar-refractivity contribution is 0.485. The standard InChI is InChI=1S/C16H22ClN3S.2ClH/c1-3-8-18-11-16(2,12-20-10-9-19-13-20)21-15-6-4-14(17)5-7-15;;/h4-7,9-10,13,18H,3,8,11-12H2,1-2H3;2*1H. The summed E-state index contributed by atoms with van der Waals surface area (Å²) in [7, 11) is 0. The van der Waals surface area contributed by atoms with Crippen molar-refractivity contribution in [3.8, 4) is 0 Å². The van der Waals surface area contributed by atoms with Gasteiger partial charge in [0.05, 0.1) is 6.33 Å². The lowest BCUT2D eigenvalue weighted by Gasteiger charge is -2.30. The third-order valence-corrected chi connectivity index (χ3v) is 4.71. The smallest absolute Gasteiger partial charge is 0.0946 e. The highest BCUT2D eigenvalue weighted by molar-refractivity contribution is 8.00. The number of rotatable bonds is 8. The summed E-state index contributed by atoms with van der Waals surface area (Å²) in [4.78, 5) is 5.37. The molecule has 0 bridgehead atoms. The molecular formula is C16H24Cl3N3S. The van der Waals surface area contributed by atoms with E-state index >= 15 is 0 Å². The molecule has 23 heavy (non-hydrogen) atoms. The minimum absolute atomic E-state index is 0. The molecule has 0 saturated heterocycles. The van der Waals surface area contributed by atoms with Gasteiger partial charge in [0.15, 0.2) is 0 Å². The van der Waals surface area contributed by atoms with Crippen LogP contribution in [0.15, 0.2) is 47.9 Å². The lowest BCUT2D eigenvalue weighted by Crippen LogP contribution is -2.38. The van der Waals surface area contributed by atoms with Crippen molar-refractivity contribution in [3.63, 3.8) is 0 Å². The fourth-order valence-electron chi connectivity index (χ4n) is 2.21. The highest BCUT2D eigenvalue weighted by Gasteiger charge is 2.26. The quantitative estimate of drug-likeness (QED) is 0.507. The highest BCUT2D eigenvalue weighted by Crippen LogP contribution is 2.34. The summed E-state index contributed by atoms with van der Waals surface area (Å²) in [5, 5.41) is 4.32. The molecule has 0 radical (unpaired) electrons. The van der Waals surface area contributed by atoms with Crippen molar-refractivity contribution >= 4 is 48.2 Å². The van der Waals surface area contributed by atoms with Crippen LogP contribution in [-0.4, -0.2) is 27.4 Å². The van der Waals surface area contributed by atoms with Crippen LogP contribution >= 0.6 is 48.2 Å². The van der Waals surface area contributed by atoms with E-state index in [1.807, 2.05) is 42.6 Å². The molecule has 1 atom stereocenters. The maximum absolute atomic E-state index is 5.97. The third kappa shape index (κ3) is 7.81. The SMILES string of the molecule is CCCNCC(C)(Cn1ccnc1)Sc1ccc(Cl)cc1.Cl.Cl. The van der Waals surface area contributed by atoms with Crippen LogP contribution in [0, 0.1) is 0 Å². The Morgan fingerprint density at radius 3 is 2.52 bits per heavy atom. The predicted molar refractivity (Wildman–Crippen MR) is 106 cm³/mol. The van der Waals surface area contributed by atoms with Gasteiger partial charge in [0.1, 0.15) is 0 Å². The van der Waals surface area contributed by atoms with Crippen LogP contribution in [-0.2, 0) is 6.54 Å². The molecule has 0 aliphatic rings. The zero-order valence-electron chi connectivity index (χ0n) is 13.4. The van der Waals surface area contributed by atoms with Crippen molar-refractivity contribution < 1.29 is 0 Å². The van der Waals surface area contributed by atoms with Gasteiger partial charge in [0, 0.05) is 40.1 Å². The van der Waals surface area contributed by atoms with Gasteiger partial charge >= 0.3 is 0 Å². The Bertz CT molecular complexity index is 534. The molecule has 1 aromatic carbocycles. The molecule has 0 fully saturated rings. The molecular weight excluding hydrogens is 373 g/mol. The number of benzene rings is 1. The van der Waals surface area contributed by atoms with Crippen LogP contribution in [0.25, 0.3) is 0 Å². The number of hydrogen-bond donors (Lipinski definition) is 1. The van der Waals surface area contributed by atoms with Gasteiger partial charge in [-0.2, -0.15) is 0 Å². The molecule has 1 unspecified atom stereocenters. The number of halogens is 3. The summed E-state index contributed by atoms with van der Waals surface area (Å²) >= 11 is 7.85. The Morgan fingerprint density at radius 1 is 1.26 bits per heavy atom. The fraction of sp³-hybridized carbons (Fsp3) is 0.438. The van der Waals surface area contributed by atoms with Crippen molar-refractivity contribution in [2.75, 3.05) is 13.1 Å². The molecule has 2 rings (SSSR count). The summed E-state index contributed by atoms with van der Waals surface area (Å²) in [5.74, 6) is 0. The molecule has 7 heteroatoms. The van der Waals surface area contributed by atoms with E-state index in [4.69, 9.17) is 11.6 Å².